The van der Waals surface area contributed by atoms with Crippen LogP contribution >= 0.6 is 23.1 Å². The molecule has 13 nitrogen and oxygen atoms in total. The number of aromatic nitrogens is 1. The van der Waals surface area contributed by atoms with Crippen LogP contribution in [0.15, 0.2) is 21.8 Å². The summed E-state index contributed by atoms with van der Waals surface area (Å²) in [5, 5.41) is 16.4. The van der Waals surface area contributed by atoms with Gasteiger partial charge in [0.1, 0.15) is 30.5 Å². The van der Waals surface area contributed by atoms with E-state index in [1.54, 1.807) is 0 Å². The number of nitrogens with one attached hydrogen (secondary N) is 1. The van der Waals surface area contributed by atoms with Crippen LogP contribution in [0.5, 0.6) is 0 Å². The predicted octanol–water partition coefficient (Wildman–Crippen LogP) is -1.34. The molecule has 2 aliphatic heterocycles. The molecule has 3 heterocycles. The summed E-state index contributed by atoms with van der Waals surface area (Å²) in [4.78, 5) is 58.1. The van der Waals surface area contributed by atoms with E-state index in [4.69, 9.17) is 16.2 Å². The molecule has 6 N–H and O–H groups in total. The number of nitrogens with two attached hydrogens (primary N) is 2. The summed E-state index contributed by atoms with van der Waals surface area (Å²) in [5.74, 6) is -3.54. The van der Waals surface area contributed by atoms with Gasteiger partial charge in [0.15, 0.2) is 10.8 Å². The van der Waals surface area contributed by atoms with Crippen molar-refractivity contribution in [3.63, 3.8) is 0 Å². The van der Waals surface area contributed by atoms with E-state index in [0.717, 1.165) is 28.0 Å². The van der Waals surface area contributed by atoms with Crippen LogP contribution in [0.1, 0.15) is 12.6 Å². The SMILES string of the molecule is CO/N=C(\C(=O)N[C@]1(N)C(=O)N2C(C(=O)O)=C(COC(C)=O)CS[C@@H]21)c1csc(N)n1. The molecule has 1 aromatic heterocycles. The monoisotopic (exact) mass is 470 g/mol. The second-order valence-corrected chi connectivity index (χ2v) is 8.35. The van der Waals surface area contributed by atoms with Crippen molar-refractivity contribution in [1.82, 2.24) is 15.2 Å². The number of carboxylic acid groups (broad SMARTS) is 1. The zero-order valence-corrected chi connectivity index (χ0v) is 17.9. The van der Waals surface area contributed by atoms with E-state index in [1.807, 2.05) is 0 Å². The first-order valence-corrected chi connectivity index (χ1v) is 10.5. The summed E-state index contributed by atoms with van der Waals surface area (Å²) in [6.45, 7) is 0.907. The third-order valence-electron chi connectivity index (χ3n) is 4.32. The number of nitrogens with zero attached hydrogens (tertiary/aromatic N) is 3. The predicted molar refractivity (Wildman–Crippen MR) is 110 cm³/mol. The van der Waals surface area contributed by atoms with Crippen LogP contribution in [-0.4, -0.2) is 75.0 Å². The number of thiazole rings is 1. The second-order valence-electron chi connectivity index (χ2n) is 6.39. The average Bonchev–Trinajstić information content (AvgIpc) is 3.14. The maximum atomic E-state index is 12.8. The van der Waals surface area contributed by atoms with Gasteiger partial charge in [0.2, 0.25) is 5.66 Å². The first-order chi connectivity index (χ1) is 14.6. The number of nitrogen functional groups attached to an aromatic ring is 1. The fourth-order valence-electron chi connectivity index (χ4n) is 3.00. The highest BCUT2D eigenvalue weighted by Gasteiger charge is 2.64. The minimum Gasteiger partial charge on any atom is -0.477 e. The average molecular weight is 470 g/mol. The van der Waals surface area contributed by atoms with Crippen LogP contribution in [0, 0.1) is 0 Å². The molecule has 3 rings (SSSR count). The zero-order valence-electron chi connectivity index (χ0n) is 16.3. The number of hydrogen-bond acceptors (Lipinski definition) is 12. The molecule has 0 saturated carbocycles. The van der Waals surface area contributed by atoms with Crippen LogP contribution in [-0.2, 0) is 28.8 Å². The number of rotatable bonds is 7. The maximum Gasteiger partial charge on any atom is 0.352 e. The molecule has 0 aromatic carbocycles. The number of hydrogen-bond donors (Lipinski definition) is 4. The van der Waals surface area contributed by atoms with Crippen molar-refractivity contribution < 1.29 is 33.9 Å². The number of carboxylic acids is 1. The Morgan fingerprint density at radius 2 is 2.19 bits per heavy atom. The summed E-state index contributed by atoms with van der Waals surface area (Å²) in [7, 11) is 1.23. The Morgan fingerprint density at radius 3 is 2.74 bits per heavy atom. The number of β-lactam (4-membered cyclic amide) rings is 1. The molecule has 0 radical (unpaired) electrons. The van der Waals surface area contributed by atoms with Crippen molar-refractivity contribution >= 4 is 57.7 Å². The number of carbonyl (C=O) groups is 4. The van der Waals surface area contributed by atoms with Gasteiger partial charge in [-0.15, -0.1) is 23.1 Å². The van der Waals surface area contributed by atoms with Gasteiger partial charge in [0.05, 0.1) is 0 Å². The van der Waals surface area contributed by atoms with Crippen LogP contribution in [0.3, 0.4) is 0 Å². The first kappa shape index (κ1) is 22.5. The number of esters is 1. The quantitative estimate of drug-likeness (QED) is 0.121. The molecule has 0 unspecified atom stereocenters. The van der Waals surface area contributed by atoms with Gasteiger partial charge in [-0.05, 0) is 0 Å². The Morgan fingerprint density at radius 1 is 1.48 bits per heavy atom. The Kier molecular flexibility index (Phi) is 6.19. The third-order valence-corrected chi connectivity index (χ3v) is 6.41. The lowest BCUT2D eigenvalue weighted by Gasteiger charge is -2.55. The summed E-state index contributed by atoms with van der Waals surface area (Å²) >= 11 is 2.20. The number of anilines is 1. The van der Waals surface area contributed by atoms with Crippen molar-refractivity contribution in [3.05, 3.63) is 22.3 Å². The number of amides is 2. The Bertz CT molecular complexity index is 1020. The number of aliphatic carboxylic acids is 1. The summed E-state index contributed by atoms with van der Waals surface area (Å²) in [6, 6.07) is 0. The van der Waals surface area contributed by atoms with Gasteiger partial charge in [0.25, 0.3) is 11.8 Å². The van der Waals surface area contributed by atoms with Gasteiger partial charge in [-0.25, -0.2) is 9.78 Å². The molecule has 166 valence electrons. The van der Waals surface area contributed by atoms with Crippen molar-refractivity contribution in [2.75, 3.05) is 25.2 Å². The number of oxime groups is 1. The van der Waals surface area contributed by atoms with Crippen LogP contribution in [0.25, 0.3) is 0 Å². The molecule has 2 atom stereocenters. The Balaban J connectivity index is 1.84. The lowest BCUT2D eigenvalue weighted by atomic mass is 9.95. The van der Waals surface area contributed by atoms with Crippen LogP contribution < -0.4 is 16.8 Å². The Hall–Kier alpha value is -3.17. The molecule has 0 bridgehead atoms. The van der Waals surface area contributed by atoms with E-state index >= 15 is 0 Å². The highest BCUT2D eigenvalue weighted by Crippen LogP contribution is 2.43. The van der Waals surface area contributed by atoms with Gasteiger partial charge in [-0.1, -0.05) is 5.16 Å². The van der Waals surface area contributed by atoms with Crippen molar-refractivity contribution in [2.45, 2.75) is 18.0 Å². The molecule has 0 aliphatic carbocycles. The van der Waals surface area contributed by atoms with E-state index in [9.17, 15) is 24.3 Å². The smallest absolute Gasteiger partial charge is 0.352 e. The normalized spacial score (nSPS) is 23.1. The van der Waals surface area contributed by atoms with Crippen LogP contribution in [0.2, 0.25) is 0 Å². The number of fused-ring (bicyclic) bond motifs is 1. The van der Waals surface area contributed by atoms with E-state index in [0.29, 0.717) is 0 Å². The van der Waals surface area contributed by atoms with E-state index in [2.05, 4.69) is 20.3 Å². The lowest BCUT2D eigenvalue weighted by molar-refractivity contribution is -0.158. The van der Waals surface area contributed by atoms with Gasteiger partial charge in [0, 0.05) is 23.6 Å². The van der Waals surface area contributed by atoms with E-state index < -0.39 is 34.8 Å². The molecular formula is C16H18N6O7S2. The number of thioether (sulfide) groups is 1. The van der Waals surface area contributed by atoms with Crippen molar-refractivity contribution in [2.24, 2.45) is 10.9 Å². The topological polar surface area (TPSA) is 200 Å². The Labute approximate surface area is 183 Å². The summed E-state index contributed by atoms with van der Waals surface area (Å²) in [5.41, 5.74) is 9.64. The molecule has 31 heavy (non-hydrogen) atoms. The van der Waals surface area contributed by atoms with Gasteiger partial charge < -0.3 is 25.7 Å². The molecule has 2 amide bonds. The second kappa shape index (κ2) is 8.52. The highest BCUT2D eigenvalue weighted by molar-refractivity contribution is 8.00. The maximum absolute atomic E-state index is 12.8. The summed E-state index contributed by atoms with van der Waals surface area (Å²) in [6.07, 6.45) is 0. The van der Waals surface area contributed by atoms with Gasteiger partial charge in [-0.3, -0.25) is 25.0 Å². The van der Waals surface area contributed by atoms with E-state index in [1.165, 1.54) is 19.4 Å². The largest absolute Gasteiger partial charge is 0.477 e. The molecule has 1 aromatic rings. The molecule has 2 aliphatic rings. The van der Waals surface area contributed by atoms with Crippen molar-refractivity contribution in [1.29, 1.82) is 0 Å². The fourth-order valence-corrected chi connectivity index (χ4v) is 4.90. The van der Waals surface area contributed by atoms with Gasteiger partial charge >= 0.3 is 11.9 Å². The minimum atomic E-state index is -1.90. The third kappa shape index (κ3) is 4.06. The van der Waals surface area contributed by atoms with E-state index in [-0.39, 0.29) is 40.2 Å². The molecule has 15 heteroatoms. The standard InChI is InChI=1S/C16H18N6O7S2/c1-6(23)29-3-7-4-30-14-16(18,13(27)22(14)10(7)12(25)26)20-11(24)9(21-28-2)8-5-31-15(17)19-8/h5,14H,3-4,18H2,1-2H3,(H2,17,19)(H,20,24)(H,25,26)/b21-9-/t14-,16-/m1/s1. The van der Waals surface area contributed by atoms with Crippen LogP contribution in [0.4, 0.5) is 5.13 Å². The lowest BCUT2D eigenvalue weighted by Crippen LogP contribution is -2.84. The molecule has 1 saturated heterocycles. The summed E-state index contributed by atoms with van der Waals surface area (Å²) < 4.78 is 4.87. The molecule has 0 spiro atoms. The first-order valence-electron chi connectivity index (χ1n) is 8.58. The molecular weight excluding hydrogens is 452 g/mol. The number of ether oxygens (including phenoxy) is 1. The zero-order chi connectivity index (χ0) is 22.9. The molecule has 1 fully saturated rings. The highest BCUT2D eigenvalue weighted by atomic mass is 32.2. The number of carbonyl (C=O) groups excluding carboxylic acids is 3. The fraction of sp³-hybridized carbons (Fsp3) is 0.375. The van der Waals surface area contributed by atoms with Crippen molar-refractivity contribution in [3.8, 4) is 0 Å². The minimum absolute atomic E-state index is 0.125. The van der Waals surface area contributed by atoms with Gasteiger partial charge in [-0.2, -0.15) is 0 Å².